The molecule has 0 radical (unpaired) electrons. The van der Waals surface area contributed by atoms with Gasteiger partial charge in [0.25, 0.3) is 0 Å². The van der Waals surface area contributed by atoms with E-state index in [0.29, 0.717) is 11.3 Å². The number of hydrogen-bond donors (Lipinski definition) is 5. The van der Waals surface area contributed by atoms with Crippen LogP contribution in [0.5, 0.6) is 17.2 Å². The third-order valence-corrected chi connectivity index (χ3v) is 18.5. The molecule has 3 fully saturated rings. The largest absolute Gasteiger partial charge is 0.484 e. The molecule has 5 N–H and O–H groups in total. The van der Waals surface area contributed by atoms with Crippen molar-refractivity contribution in [1.82, 2.24) is 29.9 Å². The molecule has 7 unspecified atom stereocenters. The van der Waals surface area contributed by atoms with Crippen molar-refractivity contribution in [1.29, 1.82) is 0 Å². The van der Waals surface area contributed by atoms with Gasteiger partial charge in [0.15, 0.2) is 25.6 Å². The number of benzene rings is 9. The zero-order chi connectivity index (χ0) is 71.1. The van der Waals surface area contributed by atoms with E-state index in [0.717, 1.165) is 132 Å². The summed E-state index contributed by atoms with van der Waals surface area (Å²) in [6.07, 6.45) is -9.78. The molecule has 3 saturated carbocycles. The standard InChI is InChI=1S/C26H23F3N2O2.C26H21F3N2O2.C25H22F3N3O3S/c2*1-15(32)19-4-2-3-5-20(19)17-8-11-23-24(12-17)31-25(30-23)22-13-21(22)16-6-9-18(10-7-16)33-14-26(27,28)29;1-35(32,33)31-21-5-3-2-4-18(21)16-8-11-22-23(12-16)30-24(29-22)20-13-19(20)15-6-9-17(10-7-15)34-14-25(26,27)28/h2-12,15,21-22,32H,13-14H2,1H3,(H,30,31);2-12,21-22H,13-14H2,1H3,(H,30,31);2-12,19-20,31H,13-14H2,1H3,(H,29,30). The summed E-state index contributed by atoms with van der Waals surface area (Å²) in [5.41, 5.74) is 15.9. The van der Waals surface area contributed by atoms with Gasteiger partial charge in [-0.3, -0.25) is 9.52 Å². The van der Waals surface area contributed by atoms with E-state index in [-0.39, 0.29) is 58.5 Å². The van der Waals surface area contributed by atoms with Gasteiger partial charge in [-0.25, -0.2) is 23.4 Å². The number of rotatable bonds is 19. The summed E-state index contributed by atoms with van der Waals surface area (Å²) in [5.74, 6) is 4.70. The maximum absolute atomic E-state index is 12.3. The lowest BCUT2D eigenvalue weighted by atomic mass is 9.96. The van der Waals surface area contributed by atoms with Gasteiger partial charge in [-0.2, -0.15) is 39.5 Å². The molecule has 24 heteroatoms. The van der Waals surface area contributed by atoms with Crippen molar-refractivity contribution in [3.05, 3.63) is 245 Å². The topological polar surface area (TPSA) is 197 Å². The van der Waals surface area contributed by atoms with E-state index < -0.39 is 54.5 Å². The van der Waals surface area contributed by atoms with Crippen molar-refractivity contribution in [2.24, 2.45) is 0 Å². The summed E-state index contributed by atoms with van der Waals surface area (Å²) in [5, 5.41) is 10.1. The second kappa shape index (κ2) is 27.9. The van der Waals surface area contributed by atoms with Crippen molar-refractivity contribution in [2.45, 2.75) is 93.3 Å². The van der Waals surface area contributed by atoms with Crippen molar-refractivity contribution in [3.63, 3.8) is 0 Å². The molecule has 9 aromatic carbocycles. The summed E-state index contributed by atoms with van der Waals surface area (Å²) in [6, 6.07) is 60.5. The molecule has 12 aromatic rings. The minimum absolute atomic E-state index is 0.0200. The average molecular weight is 1400 g/mol. The number of aromatic amines is 3. The van der Waals surface area contributed by atoms with E-state index in [1.807, 2.05) is 133 Å². The molecule has 15 rings (SSSR count). The van der Waals surface area contributed by atoms with Gasteiger partial charge in [0.1, 0.15) is 34.7 Å². The number of halogens is 9. The number of para-hydroxylation sites is 1. The number of nitrogens with one attached hydrogen (secondary N) is 4. The molecule has 3 aliphatic carbocycles. The summed E-state index contributed by atoms with van der Waals surface area (Å²) in [4.78, 5) is 36.5. The highest BCUT2D eigenvalue weighted by Gasteiger charge is 2.44. The fourth-order valence-electron chi connectivity index (χ4n) is 12.8. The number of aliphatic hydroxyl groups excluding tert-OH is 1. The van der Waals surface area contributed by atoms with E-state index >= 15 is 0 Å². The third kappa shape index (κ3) is 17.1. The molecule has 101 heavy (non-hydrogen) atoms. The fourth-order valence-corrected chi connectivity index (χ4v) is 13.4. The Labute approximate surface area is 574 Å². The Morgan fingerprint density at radius 1 is 0.475 bits per heavy atom. The number of Topliss-reactive ketones (excluding diaryl/α,β-unsaturated/α-hetero) is 1. The molecular weight excluding hydrogens is 1340 g/mol. The SMILES string of the molecule is CC(=O)c1ccccc1-c1ccc2nc(C3CC3c3ccc(OCC(F)(F)F)cc3)[nH]c2c1.CC(O)c1ccccc1-c1ccc2nc(C3CC3c3ccc(OCC(F)(F)F)cc3)[nH]c2c1.CS(=O)(=O)Nc1ccccc1-c1ccc2nc(C3CC3c3ccc(OCC(F)(F)F)cc3)[nH]c2c1. The maximum Gasteiger partial charge on any atom is 0.422 e. The highest BCUT2D eigenvalue weighted by Crippen LogP contribution is 2.56. The summed E-state index contributed by atoms with van der Waals surface area (Å²) in [6.45, 7) is -0.576. The highest BCUT2D eigenvalue weighted by molar-refractivity contribution is 7.92. The van der Waals surface area contributed by atoms with Crippen LogP contribution in [0, 0.1) is 0 Å². The molecule has 0 aliphatic heterocycles. The first-order valence-electron chi connectivity index (χ1n) is 32.4. The smallest absolute Gasteiger partial charge is 0.422 e. The van der Waals surface area contributed by atoms with Crippen LogP contribution in [0.2, 0.25) is 0 Å². The number of hydrogen-bond acceptors (Lipinski definition) is 10. The van der Waals surface area contributed by atoms with Gasteiger partial charge in [0, 0.05) is 28.9 Å². The number of aromatic nitrogens is 6. The number of aliphatic hydroxyl groups is 1. The molecule has 3 heterocycles. The number of anilines is 1. The third-order valence-electron chi connectivity index (χ3n) is 17.9. The number of ketones is 1. The lowest BCUT2D eigenvalue weighted by molar-refractivity contribution is -0.154. The highest BCUT2D eigenvalue weighted by atomic mass is 32.2. The van der Waals surface area contributed by atoms with Crippen molar-refractivity contribution < 1.29 is 72.0 Å². The van der Waals surface area contributed by atoms with E-state index in [1.165, 1.54) is 0 Å². The number of H-pyrrole nitrogens is 3. The van der Waals surface area contributed by atoms with Crippen LogP contribution in [0.3, 0.4) is 0 Å². The lowest BCUT2D eigenvalue weighted by Crippen LogP contribution is -2.19. The Hall–Kier alpha value is -10.5. The summed E-state index contributed by atoms with van der Waals surface area (Å²) >= 11 is 0. The van der Waals surface area contributed by atoms with Gasteiger partial charge in [-0.05, 0) is 180 Å². The molecule has 0 bridgehead atoms. The number of carbonyl (C=O) groups is 1. The molecular formula is C77H66F9N7O7S. The molecule has 0 amide bonds. The number of fused-ring (bicyclic) bond motifs is 3. The van der Waals surface area contributed by atoms with Crippen LogP contribution >= 0.6 is 0 Å². The van der Waals surface area contributed by atoms with Crippen LogP contribution in [-0.2, 0) is 10.0 Å². The fraction of sp³-hybridized carbons (Fsp3) is 0.247. The molecule has 3 aliphatic rings. The van der Waals surface area contributed by atoms with Crippen LogP contribution in [0.25, 0.3) is 66.5 Å². The van der Waals surface area contributed by atoms with E-state index in [9.17, 15) is 57.8 Å². The van der Waals surface area contributed by atoms with Crippen LogP contribution in [-0.4, -0.2) is 93.8 Å². The van der Waals surface area contributed by atoms with Crippen LogP contribution in [0.1, 0.15) is 125 Å². The number of ether oxygens (including phenoxy) is 3. The van der Waals surface area contributed by atoms with Gasteiger partial charge in [0.2, 0.25) is 10.0 Å². The molecule has 0 saturated heterocycles. The minimum Gasteiger partial charge on any atom is -0.484 e. The number of sulfonamides is 1. The molecule has 520 valence electrons. The number of nitrogens with zero attached hydrogens (tertiary/aromatic N) is 3. The number of carbonyl (C=O) groups excluding carboxylic acids is 1. The summed E-state index contributed by atoms with van der Waals surface area (Å²) < 4.78 is 151. The Morgan fingerprint density at radius 3 is 1.18 bits per heavy atom. The first-order chi connectivity index (χ1) is 48.1. The number of imidazole rings is 3. The van der Waals surface area contributed by atoms with Crippen LogP contribution in [0.4, 0.5) is 45.2 Å². The van der Waals surface area contributed by atoms with Crippen molar-refractivity contribution in [3.8, 4) is 50.6 Å². The Balaban J connectivity index is 0.000000136. The van der Waals surface area contributed by atoms with Gasteiger partial charge in [0.05, 0.1) is 51.1 Å². The minimum atomic E-state index is -4.37. The normalized spacial score (nSPS) is 18.2. The second-order valence-corrected chi connectivity index (χ2v) is 27.4. The zero-order valence-corrected chi connectivity index (χ0v) is 55.2. The zero-order valence-electron chi connectivity index (χ0n) is 54.4. The van der Waals surface area contributed by atoms with Gasteiger partial charge in [-0.1, -0.05) is 121 Å². The van der Waals surface area contributed by atoms with Gasteiger partial charge < -0.3 is 34.3 Å². The van der Waals surface area contributed by atoms with E-state index in [4.69, 9.17) is 29.2 Å². The van der Waals surface area contributed by atoms with E-state index in [1.54, 1.807) is 74.5 Å². The predicted octanol–water partition coefficient (Wildman–Crippen LogP) is 19.0. The molecule has 0 spiro atoms. The molecule has 3 aromatic heterocycles. The van der Waals surface area contributed by atoms with Gasteiger partial charge >= 0.3 is 18.5 Å². The lowest BCUT2D eigenvalue weighted by Gasteiger charge is -2.11. The number of alkyl halides is 9. The van der Waals surface area contributed by atoms with E-state index in [2.05, 4.69) is 25.7 Å². The molecule has 14 nitrogen and oxygen atoms in total. The molecule has 7 atom stereocenters. The van der Waals surface area contributed by atoms with Gasteiger partial charge in [-0.15, -0.1) is 0 Å². The second-order valence-electron chi connectivity index (χ2n) is 25.6. The van der Waals surface area contributed by atoms with Crippen LogP contribution in [0.15, 0.2) is 200 Å². The van der Waals surface area contributed by atoms with Crippen molar-refractivity contribution >= 4 is 54.6 Å². The van der Waals surface area contributed by atoms with Crippen LogP contribution < -0.4 is 18.9 Å². The Kier molecular flexibility index (Phi) is 19.1. The maximum atomic E-state index is 12.3. The Bertz CT molecular complexity index is 5090. The first-order valence-corrected chi connectivity index (χ1v) is 34.3. The quantitative estimate of drug-likeness (QED) is 0.0384. The Morgan fingerprint density at radius 2 is 0.812 bits per heavy atom. The summed E-state index contributed by atoms with van der Waals surface area (Å²) in [7, 11) is -3.42. The monoisotopic (exact) mass is 1400 g/mol. The van der Waals surface area contributed by atoms with Crippen molar-refractivity contribution in [2.75, 3.05) is 30.8 Å². The average Bonchev–Trinajstić information content (AvgIpc) is 1.62. The predicted molar refractivity (Wildman–Crippen MR) is 368 cm³/mol. The first kappa shape index (κ1) is 69.0.